The number of fused-ring (bicyclic) bond motifs is 1. The van der Waals surface area contributed by atoms with Gasteiger partial charge in [0.15, 0.2) is 0 Å². The number of pyridine rings is 1. The van der Waals surface area contributed by atoms with Gasteiger partial charge >= 0.3 is 6.18 Å². The zero-order chi connectivity index (χ0) is 21.7. The van der Waals surface area contributed by atoms with E-state index in [1.807, 2.05) is 32.9 Å². The van der Waals surface area contributed by atoms with Gasteiger partial charge in [-0.15, -0.1) is 0 Å². The third-order valence-corrected chi connectivity index (χ3v) is 6.72. The fourth-order valence-electron chi connectivity index (χ4n) is 5.05. The average Bonchev–Trinajstić information content (AvgIpc) is 2.99. The van der Waals surface area contributed by atoms with Crippen molar-refractivity contribution in [3.05, 3.63) is 58.0 Å². The van der Waals surface area contributed by atoms with E-state index in [0.717, 1.165) is 48.5 Å². The fourth-order valence-corrected chi connectivity index (χ4v) is 5.05. The summed E-state index contributed by atoms with van der Waals surface area (Å²) in [5.41, 5.74) is 4.85. The minimum absolute atomic E-state index is 0.384. The number of nitrogens with zero attached hydrogens (tertiary/aromatic N) is 1. The van der Waals surface area contributed by atoms with Crippen molar-refractivity contribution in [1.82, 2.24) is 15.6 Å². The standard InChI is InChI=1S/C24H30F3N3/c1-14-11-19(12-15(2)29-14)22-21(16(3)24(25,26)27)20-13-18(5-8-23(20,4)30-22)17-6-9-28-10-7-17/h5,11-13,16-17,28,30H,6-10H2,1-4H3. The van der Waals surface area contributed by atoms with Crippen molar-refractivity contribution in [2.24, 2.45) is 11.8 Å². The maximum Gasteiger partial charge on any atom is 0.395 e. The third-order valence-electron chi connectivity index (χ3n) is 6.72. The number of aryl methyl sites for hydroxylation is 2. The Morgan fingerprint density at radius 3 is 2.37 bits per heavy atom. The van der Waals surface area contributed by atoms with Gasteiger partial charge in [-0.1, -0.05) is 12.2 Å². The Hall–Kier alpha value is -2.08. The van der Waals surface area contributed by atoms with Crippen LogP contribution in [0.3, 0.4) is 0 Å². The van der Waals surface area contributed by atoms with Crippen molar-refractivity contribution in [1.29, 1.82) is 0 Å². The summed E-state index contributed by atoms with van der Waals surface area (Å²) in [7, 11) is 0. The van der Waals surface area contributed by atoms with Crippen LogP contribution in [0.2, 0.25) is 0 Å². The lowest BCUT2D eigenvalue weighted by molar-refractivity contribution is -0.158. The molecule has 2 N–H and O–H groups in total. The first-order chi connectivity index (χ1) is 14.1. The van der Waals surface area contributed by atoms with E-state index in [9.17, 15) is 13.2 Å². The Bertz CT molecular complexity index is 915. The number of rotatable bonds is 3. The minimum atomic E-state index is -4.30. The SMILES string of the molecule is Cc1cc(C2=C(C(C)C(F)(F)F)C3=CC(C4CCNCC4)=CCC3(C)N2)cc(C)n1. The van der Waals surface area contributed by atoms with Gasteiger partial charge in [-0.25, -0.2) is 0 Å². The summed E-state index contributed by atoms with van der Waals surface area (Å²) >= 11 is 0. The molecule has 1 aliphatic carbocycles. The average molecular weight is 418 g/mol. The Morgan fingerprint density at radius 2 is 1.77 bits per heavy atom. The minimum Gasteiger partial charge on any atom is -0.375 e. The Balaban J connectivity index is 1.85. The quantitative estimate of drug-likeness (QED) is 0.708. The molecule has 3 nitrogen and oxygen atoms in total. The van der Waals surface area contributed by atoms with E-state index in [4.69, 9.17) is 0 Å². The molecule has 0 aromatic carbocycles. The summed E-state index contributed by atoms with van der Waals surface area (Å²) in [5.74, 6) is -1.13. The molecule has 6 heteroatoms. The lowest BCUT2D eigenvalue weighted by Crippen LogP contribution is -2.40. The maximum atomic E-state index is 14.0. The monoisotopic (exact) mass is 417 g/mol. The number of piperidine rings is 1. The highest BCUT2D eigenvalue weighted by atomic mass is 19.4. The van der Waals surface area contributed by atoms with Crippen LogP contribution in [0.1, 0.15) is 50.1 Å². The van der Waals surface area contributed by atoms with Gasteiger partial charge in [-0.05, 0) is 94.8 Å². The molecule has 3 aliphatic rings. The van der Waals surface area contributed by atoms with Gasteiger partial charge in [0.05, 0.1) is 11.5 Å². The molecule has 2 aliphatic heterocycles. The fraction of sp³-hybridized carbons (Fsp3) is 0.542. The van der Waals surface area contributed by atoms with Gasteiger partial charge in [0.1, 0.15) is 0 Å². The van der Waals surface area contributed by atoms with E-state index < -0.39 is 17.6 Å². The normalized spacial score (nSPS) is 26.1. The molecule has 3 heterocycles. The van der Waals surface area contributed by atoms with Gasteiger partial charge in [-0.3, -0.25) is 4.98 Å². The Labute approximate surface area is 176 Å². The van der Waals surface area contributed by atoms with Crippen molar-refractivity contribution in [3.63, 3.8) is 0 Å². The molecule has 0 amide bonds. The molecule has 0 saturated carbocycles. The highest BCUT2D eigenvalue weighted by molar-refractivity contribution is 5.79. The molecular weight excluding hydrogens is 387 g/mol. The van der Waals surface area contributed by atoms with Crippen molar-refractivity contribution in [3.8, 4) is 0 Å². The first-order valence-electron chi connectivity index (χ1n) is 10.8. The summed E-state index contributed by atoms with van der Waals surface area (Å²) in [6, 6.07) is 3.75. The second-order valence-corrected chi connectivity index (χ2v) is 9.14. The molecule has 2 unspecified atom stereocenters. The van der Waals surface area contributed by atoms with Crippen LogP contribution in [0.25, 0.3) is 5.70 Å². The third kappa shape index (κ3) is 3.82. The lowest BCUT2D eigenvalue weighted by Gasteiger charge is -2.35. The topological polar surface area (TPSA) is 37.0 Å². The number of alkyl halides is 3. The first kappa shape index (κ1) is 21.2. The molecule has 1 aromatic rings. The number of halogens is 3. The van der Waals surface area contributed by atoms with E-state index >= 15 is 0 Å². The second-order valence-electron chi connectivity index (χ2n) is 9.14. The van der Waals surface area contributed by atoms with Crippen LogP contribution in [0.15, 0.2) is 41.0 Å². The van der Waals surface area contributed by atoms with Crippen molar-refractivity contribution >= 4 is 5.70 Å². The molecule has 1 saturated heterocycles. The van der Waals surface area contributed by atoms with Gasteiger partial charge in [0, 0.05) is 22.6 Å². The second kappa shape index (κ2) is 7.56. The summed E-state index contributed by atoms with van der Waals surface area (Å²) in [6.45, 7) is 8.98. The van der Waals surface area contributed by atoms with Crippen LogP contribution in [0, 0.1) is 25.7 Å². The smallest absolute Gasteiger partial charge is 0.375 e. The van der Waals surface area contributed by atoms with Crippen LogP contribution in [-0.2, 0) is 0 Å². The highest BCUT2D eigenvalue weighted by Crippen LogP contribution is 2.50. The van der Waals surface area contributed by atoms with Gasteiger partial charge in [-0.2, -0.15) is 13.2 Å². The molecule has 1 fully saturated rings. The van der Waals surface area contributed by atoms with Crippen LogP contribution in [0.5, 0.6) is 0 Å². The zero-order valence-electron chi connectivity index (χ0n) is 18.1. The van der Waals surface area contributed by atoms with Gasteiger partial charge in [0.2, 0.25) is 0 Å². The highest BCUT2D eigenvalue weighted by Gasteiger charge is 2.49. The van der Waals surface area contributed by atoms with Crippen molar-refractivity contribution in [2.45, 2.75) is 58.7 Å². The number of nitrogens with one attached hydrogen (secondary N) is 2. The van der Waals surface area contributed by atoms with Crippen LogP contribution < -0.4 is 10.6 Å². The first-order valence-corrected chi connectivity index (χ1v) is 10.8. The van der Waals surface area contributed by atoms with Crippen molar-refractivity contribution in [2.75, 3.05) is 13.1 Å². The van der Waals surface area contributed by atoms with E-state index in [2.05, 4.69) is 27.8 Å². The molecule has 0 spiro atoms. The molecule has 0 radical (unpaired) electrons. The summed E-state index contributed by atoms with van der Waals surface area (Å²) in [5, 5.41) is 6.86. The lowest BCUT2D eigenvalue weighted by atomic mass is 9.75. The predicted molar refractivity (Wildman–Crippen MR) is 114 cm³/mol. The van der Waals surface area contributed by atoms with Crippen LogP contribution in [-0.4, -0.2) is 29.8 Å². The maximum absolute atomic E-state index is 14.0. The summed E-state index contributed by atoms with van der Waals surface area (Å²) < 4.78 is 41.9. The molecule has 0 bridgehead atoms. The summed E-state index contributed by atoms with van der Waals surface area (Å²) in [4.78, 5) is 4.40. The largest absolute Gasteiger partial charge is 0.395 e. The number of aromatic nitrogens is 1. The molecule has 162 valence electrons. The van der Waals surface area contributed by atoms with Gasteiger partial charge < -0.3 is 10.6 Å². The van der Waals surface area contributed by atoms with E-state index in [-0.39, 0.29) is 0 Å². The number of hydrogen-bond acceptors (Lipinski definition) is 3. The number of allylic oxidation sites excluding steroid dienone is 2. The number of hydrogen-bond donors (Lipinski definition) is 2. The Morgan fingerprint density at radius 1 is 1.13 bits per heavy atom. The van der Waals surface area contributed by atoms with E-state index in [0.29, 0.717) is 23.6 Å². The van der Waals surface area contributed by atoms with E-state index in [1.165, 1.54) is 12.5 Å². The molecule has 4 rings (SSSR count). The molecule has 2 atom stereocenters. The molecular formula is C24H30F3N3. The summed E-state index contributed by atoms with van der Waals surface area (Å²) in [6.07, 6.45) is 2.74. The predicted octanol–water partition coefficient (Wildman–Crippen LogP) is 5.23. The zero-order valence-corrected chi connectivity index (χ0v) is 18.1. The van der Waals surface area contributed by atoms with Gasteiger partial charge in [0.25, 0.3) is 0 Å². The van der Waals surface area contributed by atoms with Crippen molar-refractivity contribution < 1.29 is 13.2 Å². The Kier molecular flexibility index (Phi) is 5.33. The van der Waals surface area contributed by atoms with E-state index in [1.54, 1.807) is 0 Å². The molecule has 30 heavy (non-hydrogen) atoms. The van der Waals surface area contributed by atoms with Crippen LogP contribution in [0.4, 0.5) is 13.2 Å². The molecule has 1 aromatic heterocycles. The van der Waals surface area contributed by atoms with Crippen LogP contribution >= 0.6 is 0 Å².